The zero-order chi connectivity index (χ0) is 19.4. The van der Waals surface area contributed by atoms with Gasteiger partial charge in [-0.2, -0.15) is 0 Å². The average molecular weight is 386 g/mol. The van der Waals surface area contributed by atoms with Gasteiger partial charge >= 0.3 is 5.97 Å². The van der Waals surface area contributed by atoms with Crippen molar-refractivity contribution in [1.29, 1.82) is 0 Å². The molecule has 1 atom stereocenters. The van der Waals surface area contributed by atoms with Crippen LogP contribution in [0.4, 0.5) is 5.69 Å². The molecule has 27 heavy (non-hydrogen) atoms. The van der Waals surface area contributed by atoms with Gasteiger partial charge in [0.05, 0.1) is 23.5 Å². The molecule has 1 aliphatic heterocycles. The molecule has 1 aliphatic rings. The van der Waals surface area contributed by atoms with Crippen LogP contribution in [0, 0.1) is 12.8 Å². The van der Waals surface area contributed by atoms with Crippen molar-refractivity contribution in [3.05, 3.63) is 51.7 Å². The number of thiophene rings is 1. The molecule has 2 heterocycles. The topological polar surface area (TPSA) is 75.7 Å². The van der Waals surface area contributed by atoms with Crippen LogP contribution in [0.25, 0.3) is 0 Å². The molecule has 3 rings (SSSR count). The lowest BCUT2D eigenvalue weighted by Gasteiger charge is -2.32. The number of ether oxygens (including phenoxy) is 1. The molecule has 2 aromatic rings. The summed E-state index contributed by atoms with van der Waals surface area (Å²) >= 11 is 1.41. The van der Waals surface area contributed by atoms with E-state index in [0.29, 0.717) is 29.2 Å². The zero-order valence-corrected chi connectivity index (χ0v) is 16.2. The molecule has 0 unspecified atom stereocenters. The van der Waals surface area contributed by atoms with Crippen molar-refractivity contribution in [3.63, 3.8) is 0 Å². The van der Waals surface area contributed by atoms with Gasteiger partial charge in [0.15, 0.2) is 0 Å². The minimum atomic E-state index is -0.448. The Morgan fingerprint density at radius 3 is 2.78 bits per heavy atom. The number of piperidine rings is 1. The summed E-state index contributed by atoms with van der Waals surface area (Å²) in [5.74, 6) is -0.880. The predicted octanol–water partition coefficient (Wildman–Crippen LogP) is 3.33. The summed E-state index contributed by atoms with van der Waals surface area (Å²) in [5.41, 5.74) is 1.83. The van der Waals surface area contributed by atoms with Crippen molar-refractivity contribution in [2.75, 3.05) is 25.5 Å². The van der Waals surface area contributed by atoms with Crippen LogP contribution in [0.2, 0.25) is 0 Å². The molecule has 7 heteroatoms. The molecule has 2 amide bonds. The fourth-order valence-electron chi connectivity index (χ4n) is 3.17. The Balaban J connectivity index is 1.69. The minimum absolute atomic E-state index is 0.0219. The van der Waals surface area contributed by atoms with Crippen LogP contribution in [0.5, 0.6) is 0 Å². The number of nitrogens with one attached hydrogen (secondary N) is 1. The van der Waals surface area contributed by atoms with E-state index in [9.17, 15) is 14.4 Å². The number of amides is 2. The maximum absolute atomic E-state index is 12.8. The zero-order valence-electron chi connectivity index (χ0n) is 15.4. The van der Waals surface area contributed by atoms with E-state index in [1.54, 1.807) is 29.2 Å². The van der Waals surface area contributed by atoms with Gasteiger partial charge in [-0.1, -0.05) is 12.1 Å². The lowest BCUT2D eigenvalue weighted by Crippen LogP contribution is -2.43. The van der Waals surface area contributed by atoms with Crippen LogP contribution in [0.3, 0.4) is 0 Å². The van der Waals surface area contributed by atoms with E-state index in [4.69, 9.17) is 4.74 Å². The first kappa shape index (κ1) is 19.1. The summed E-state index contributed by atoms with van der Waals surface area (Å²) in [7, 11) is 1.32. The van der Waals surface area contributed by atoms with Crippen LogP contribution >= 0.6 is 11.3 Å². The van der Waals surface area contributed by atoms with E-state index in [-0.39, 0.29) is 17.7 Å². The van der Waals surface area contributed by atoms with E-state index in [2.05, 4.69) is 5.32 Å². The first-order valence-corrected chi connectivity index (χ1v) is 9.70. The number of carbonyl (C=O) groups is 3. The maximum Gasteiger partial charge on any atom is 0.337 e. The smallest absolute Gasteiger partial charge is 0.337 e. The van der Waals surface area contributed by atoms with Crippen molar-refractivity contribution in [2.45, 2.75) is 19.8 Å². The standard InChI is InChI=1S/C20H22N2O4S/c1-13-7-8-14(20(25)26-2)11-16(13)21-18(23)15-5-3-9-22(12-15)19(24)17-6-4-10-27-17/h4,6-8,10-11,15H,3,5,9,12H2,1-2H3,(H,21,23)/t15-/m0/s1. The lowest BCUT2D eigenvalue weighted by molar-refractivity contribution is -0.121. The Hall–Kier alpha value is -2.67. The van der Waals surface area contributed by atoms with Crippen LogP contribution < -0.4 is 5.32 Å². The average Bonchev–Trinajstić information content (AvgIpc) is 3.23. The van der Waals surface area contributed by atoms with Crippen molar-refractivity contribution >= 4 is 34.8 Å². The Morgan fingerprint density at radius 1 is 1.26 bits per heavy atom. The van der Waals surface area contributed by atoms with Crippen molar-refractivity contribution in [1.82, 2.24) is 4.90 Å². The SMILES string of the molecule is COC(=O)c1ccc(C)c(NC(=O)[C@H]2CCCN(C(=O)c3cccs3)C2)c1. The van der Waals surface area contributed by atoms with Crippen LogP contribution in [0.1, 0.15) is 38.4 Å². The fourth-order valence-corrected chi connectivity index (χ4v) is 3.86. The number of aryl methyl sites for hydroxylation is 1. The number of benzene rings is 1. The number of hydrogen-bond acceptors (Lipinski definition) is 5. The fraction of sp³-hybridized carbons (Fsp3) is 0.350. The Kier molecular flexibility index (Phi) is 5.91. The highest BCUT2D eigenvalue weighted by Gasteiger charge is 2.29. The molecular formula is C20H22N2O4S. The van der Waals surface area contributed by atoms with Crippen LogP contribution in [-0.2, 0) is 9.53 Å². The molecule has 1 N–H and O–H groups in total. The van der Waals surface area contributed by atoms with Crippen LogP contribution in [-0.4, -0.2) is 42.9 Å². The minimum Gasteiger partial charge on any atom is -0.465 e. The van der Waals surface area contributed by atoms with Gasteiger partial charge in [0.1, 0.15) is 0 Å². The molecule has 6 nitrogen and oxygen atoms in total. The van der Waals surface area contributed by atoms with E-state index in [1.807, 2.05) is 18.4 Å². The number of hydrogen-bond donors (Lipinski definition) is 1. The van der Waals surface area contributed by atoms with Gasteiger partial charge < -0.3 is 15.0 Å². The molecule has 0 aliphatic carbocycles. The number of carbonyl (C=O) groups excluding carboxylic acids is 3. The molecule has 0 spiro atoms. The molecular weight excluding hydrogens is 364 g/mol. The third-order valence-corrected chi connectivity index (χ3v) is 5.59. The van der Waals surface area contributed by atoms with E-state index >= 15 is 0 Å². The summed E-state index contributed by atoms with van der Waals surface area (Å²) in [5, 5.41) is 4.78. The van der Waals surface area contributed by atoms with Gasteiger partial charge in [-0.3, -0.25) is 9.59 Å². The molecule has 0 radical (unpaired) electrons. The summed E-state index contributed by atoms with van der Waals surface area (Å²) in [6.07, 6.45) is 1.52. The van der Waals surface area contributed by atoms with Crippen LogP contribution in [0.15, 0.2) is 35.7 Å². The second kappa shape index (κ2) is 8.35. The monoisotopic (exact) mass is 386 g/mol. The van der Waals surface area contributed by atoms with Gasteiger partial charge in [-0.25, -0.2) is 4.79 Å². The normalized spacial score (nSPS) is 16.7. The quantitative estimate of drug-likeness (QED) is 0.818. The summed E-state index contributed by atoms with van der Waals surface area (Å²) < 4.78 is 4.73. The number of esters is 1. The van der Waals surface area contributed by atoms with Gasteiger partial charge in [0.25, 0.3) is 5.91 Å². The Labute approximate surface area is 162 Å². The highest BCUT2D eigenvalue weighted by atomic mass is 32.1. The molecule has 0 bridgehead atoms. The van der Waals surface area contributed by atoms with Crippen molar-refractivity contribution < 1.29 is 19.1 Å². The van der Waals surface area contributed by atoms with E-state index in [0.717, 1.165) is 18.4 Å². The molecule has 1 fully saturated rings. The largest absolute Gasteiger partial charge is 0.465 e. The van der Waals surface area contributed by atoms with Gasteiger partial charge in [-0.05, 0) is 48.9 Å². The summed E-state index contributed by atoms with van der Waals surface area (Å²) in [6.45, 7) is 2.93. The number of likely N-dealkylation sites (tertiary alicyclic amines) is 1. The third kappa shape index (κ3) is 4.36. The van der Waals surface area contributed by atoms with Crippen molar-refractivity contribution in [2.24, 2.45) is 5.92 Å². The summed E-state index contributed by atoms with van der Waals surface area (Å²) in [6, 6.07) is 8.71. The Morgan fingerprint density at radius 2 is 2.07 bits per heavy atom. The first-order valence-electron chi connectivity index (χ1n) is 8.82. The lowest BCUT2D eigenvalue weighted by atomic mass is 9.96. The highest BCUT2D eigenvalue weighted by molar-refractivity contribution is 7.12. The maximum atomic E-state index is 12.8. The van der Waals surface area contributed by atoms with Gasteiger partial charge in [0, 0.05) is 18.8 Å². The predicted molar refractivity (Wildman–Crippen MR) is 104 cm³/mol. The number of rotatable bonds is 4. The molecule has 142 valence electrons. The van der Waals surface area contributed by atoms with Gasteiger partial charge in [-0.15, -0.1) is 11.3 Å². The molecule has 1 aromatic carbocycles. The summed E-state index contributed by atoms with van der Waals surface area (Å²) in [4.78, 5) is 39.5. The second-order valence-electron chi connectivity index (χ2n) is 6.58. The van der Waals surface area contributed by atoms with Gasteiger partial charge in [0.2, 0.25) is 5.91 Å². The number of methoxy groups -OCH3 is 1. The van der Waals surface area contributed by atoms with E-state index in [1.165, 1.54) is 18.4 Å². The first-order chi connectivity index (χ1) is 13.0. The number of anilines is 1. The van der Waals surface area contributed by atoms with E-state index < -0.39 is 5.97 Å². The third-order valence-electron chi connectivity index (χ3n) is 4.73. The number of nitrogens with zero attached hydrogens (tertiary/aromatic N) is 1. The highest BCUT2D eigenvalue weighted by Crippen LogP contribution is 2.23. The molecule has 1 aromatic heterocycles. The van der Waals surface area contributed by atoms with Crippen molar-refractivity contribution in [3.8, 4) is 0 Å². The second-order valence-corrected chi connectivity index (χ2v) is 7.53. The molecule has 0 saturated carbocycles. The molecule has 1 saturated heterocycles. The Bertz CT molecular complexity index is 848.